The molecule has 0 saturated carbocycles. The van der Waals surface area contributed by atoms with E-state index < -0.39 is 11.9 Å². The van der Waals surface area contributed by atoms with Gasteiger partial charge in [0.1, 0.15) is 0 Å². The summed E-state index contributed by atoms with van der Waals surface area (Å²) in [4.78, 5) is 18.5. The molecule has 0 atom stereocenters. The molecular formula is C12H18O4. The lowest BCUT2D eigenvalue weighted by atomic mass is 10.4. The monoisotopic (exact) mass is 226 g/mol. The third-order valence-electron chi connectivity index (χ3n) is 0.857. The van der Waals surface area contributed by atoms with Crippen molar-refractivity contribution in [3.63, 3.8) is 0 Å². The van der Waals surface area contributed by atoms with Crippen LogP contribution in [0.5, 0.6) is 0 Å². The Bertz CT molecular complexity index is 234. The Balaban J connectivity index is -0.000000160. The zero-order chi connectivity index (χ0) is 13.4. The van der Waals surface area contributed by atoms with Crippen molar-refractivity contribution in [3.05, 3.63) is 50.1 Å². The second-order valence-electron chi connectivity index (χ2n) is 2.16. The molecule has 0 rings (SSSR count). The molecule has 90 valence electrons. The molecule has 0 aromatic rings. The van der Waals surface area contributed by atoms with Crippen LogP contribution in [0.1, 0.15) is 13.3 Å². The third kappa shape index (κ3) is 58.9. The van der Waals surface area contributed by atoms with E-state index >= 15 is 0 Å². The van der Waals surface area contributed by atoms with Crippen LogP contribution in [0.2, 0.25) is 0 Å². The maximum atomic E-state index is 9.25. The molecule has 0 radical (unpaired) electrons. The van der Waals surface area contributed by atoms with Crippen molar-refractivity contribution in [2.75, 3.05) is 0 Å². The lowest BCUT2D eigenvalue weighted by Crippen LogP contribution is -1.82. The van der Waals surface area contributed by atoms with E-state index in [-0.39, 0.29) is 0 Å². The highest BCUT2D eigenvalue weighted by Crippen LogP contribution is 1.76. The SMILES string of the molecule is C=CC(=O)O.C=CC(=O)O.C=CC=CCC. The highest BCUT2D eigenvalue weighted by Gasteiger charge is 1.73. The molecule has 4 heteroatoms. The van der Waals surface area contributed by atoms with E-state index in [1.165, 1.54) is 0 Å². The Kier molecular flexibility index (Phi) is 22.7. The fourth-order valence-electron chi connectivity index (χ4n) is 0.232. The van der Waals surface area contributed by atoms with Gasteiger partial charge in [-0.25, -0.2) is 9.59 Å². The van der Waals surface area contributed by atoms with E-state index in [9.17, 15) is 9.59 Å². The standard InChI is InChI=1S/C6H10.2C3H4O2/c1-3-5-6-4-2;2*1-2-3(4)5/h3,5-6H,1,4H2,2H3;2*2H,1H2,(H,4,5). The van der Waals surface area contributed by atoms with Gasteiger partial charge in [-0.1, -0.05) is 44.9 Å². The molecule has 0 aromatic heterocycles. The van der Waals surface area contributed by atoms with Gasteiger partial charge in [0.05, 0.1) is 0 Å². The van der Waals surface area contributed by atoms with E-state index in [0.29, 0.717) is 0 Å². The summed E-state index contributed by atoms with van der Waals surface area (Å²) in [7, 11) is 0. The van der Waals surface area contributed by atoms with Crippen LogP contribution in [-0.4, -0.2) is 22.2 Å². The van der Waals surface area contributed by atoms with Crippen LogP contribution in [0.3, 0.4) is 0 Å². The Morgan fingerprint density at radius 1 is 1.06 bits per heavy atom. The zero-order valence-electron chi connectivity index (χ0n) is 9.43. The van der Waals surface area contributed by atoms with Crippen molar-refractivity contribution in [3.8, 4) is 0 Å². The number of allylic oxidation sites excluding steroid dienone is 3. The van der Waals surface area contributed by atoms with Gasteiger partial charge in [-0.05, 0) is 6.42 Å². The third-order valence-corrected chi connectivity index (χ3v) is 0.857. The van der Waals surface area contributed by atoms with Crippen molar-refractivity contribution in [1.82, 2.24) is 0 Å². The second kappa shape index (κ2) is 18.6. The van der Waals surface area contributed by atoms with Gasteiger partial charge in [0.25, 0.3) is 0 Å². The minimum Gasteiger partial charge on any atom is -0.478 e. The van der Waals surface area contributed by atoms with Gasteiger partial charge in [0, 0.05) is 12.2 Å². The average molecular weight is 226 g/mol. The summed E-state index contributed by atoms with van der Waals surface area (Å²) in [6.45, 7) is 11.5. The normalized spacial score (nSPS) is 7.56. The summed E-state index contributed by atoms with van der Waals surface area (Å²) in [6.07, 6.45) is 8.56. The second-order valence-corrected chi connectivity index (χ2v) is 2.16. The molecule has 2 N–H and O–H groups in total. The van der Waals surface area contributed by atoms with Crippen molar-refractivity contribution in [2.24, 2.45) is 0 Å². The Hall–Kier alpha value is -2.10. The molecule has 4 nitrogen and oxygen atoms in total. The lowest BCUT2D eigenvalue weighted by Gasteiger charge is -1.67. The van der Waals surface area contributed by atoms with Crippen molar-refractivity contribution >= 4 is 11.9 Å². The van der Waals surface area contributed by atoms with Crippen LogP contribution < -0.4 is 0 Å². The first-order valence-electron chi connectivity index (χ1n) is 4.44. The highest BCUT2D eigenvalue weighted by atomic mass is 16.4. The Morgan fingerprint density at radius 2 is 1.38 bits per heavy atom. The summed E-state index contributed by atoms with van der Waals surface area (Å²) in [6, 6.07) is 0. The van der Waals surface area contributed by atoms with Gasteiger partial charge < -0.3 is 10.2 Å². The Morgan fingerprint density at radius 3 is 1.44 bits per heavy atom. The van der Waals surface area contributed by atoms with Gasteiger partial charge in [-0.2, -0.15) is 0 Å². The van der Waals surface area contributed by atoms with Crippen LogP contribution >= 0.6 is 0 Å². The first-order valence-corrected chi connectivity index (χ1v) is 4.44. The molecule has 0 aliphatic heterocycles. The van der Waals surface area contributed by atoms with Gasteiger partial charge >= 0.3 is 11.9 Å². The number of carboxylic acids is 2. The van der Waals surface area contributed by atoms with Crippen LogP contribution in [0.15, 0.2) is 50.1 Å². The zero-order valence-corrected chi connectivity index (χ0v) is 9.43. The number of hydrogen-bond acceptors (Lipinski definition) is 2. The molecule has 0 aromatic carbocycles. The minimum atomic E-state index is -0.981. The number of carbonyl (C=O) groups is 2. The van der Waals surface area contributed by atoms with Crippen LogP contribution in [0.25, 0.3) is 0 Å². The van der Waals surface area contributed by atoms with E-state index in [0.717, 1.165) is 18.6 Å². The van der Waals surface area contributed by atoms with E-state index in [1.54, 1.807) is 6.08 Å². The molecule has 0 fully saturated rings. The molecule has 0 spiro atoms. The molecule has 0 bridgehead atoms. The fraction of sp³-hybridized carbons (Fsp3) is 0.167. The largest absolute Gasteiger partial charge is 0.478 e. The summed E-state index contributed by atoms with van der Waals surface area (Å²) in [5, 5.41) is 15.2. The molecule has 0 aliphatic rings. The molecule has 0 aliphatic carbocycles. The minimum absolute atomic E-state index is 0.833. The van der Waals surface area contributed by atoms with E-state index in [4.69, 9.17) is 10.2 Å². The summed E-state index contributed by atoms with van der Waals surface area (Å²) in [5.41, 5.74) is 0. The first kappa shape index (κ1) is 19.5. The Labute approximate surface area is 95.9 Å². The summed E-state index contributed by atoms with van der Waals surface area (Å²) in [5.74, 6) is -1.96. The highest BCUT2D eigenvalue weighted by molar-refractivity contribution is 5.79. The molecule has 0 heterocycles. The van der Waals surface area contributed by atoms with Crippen molar-refractivity contribution in [1.29, 1.82) is 0 Å². The number of hydrogen-bond donors (Lipinski definition) is 2. The summed E-state index contributed by atoms with van der Waals surface area (Å²) < 4.78 is 0. The van der Waals surface area contributed by atoms with E-state index in [1.807, 2.05) is 6.08 Å². The average Bonchev–Trinajstić information content (AvgIpc) is 2.27. The molecular weight excluding hydrogens is 208 g/mol. The van der Waals surface area contributed by atoms with Gasteiger partial charge in [0.2, 0.25) is 0 Å². The van der Waals surface area contributed by atoms with Crippen LogP contribution in [0.4, 0.5) is 0 Å². The fourth-order valence-corrected chi connectivity index (χ4v) is 0.232. The van der Waals surface area contributed by atoms with Crippen LogP contribution in [-0.2, 0) is 9.59 Å². The molecule has 0 saturated heterocycles. The smallest absolute Gasteiger partial charge is 0.327 e. The molecule has 0 unspecified atom stereocenters. The molecule has 0 amide bonds. The van der Waals surface area contributed by atoms with Crippen LogP contribution in [0, 0.1) is 0 Å². The van der Waals surface area contributed by atoms with E-state index in [2.05, 4.69) is 32.7 Å². The van der Waals surface area contributed by atoms with Gasteiger partial charge in [-0.15, -0.1) is 0 Å². The number of rotatable bonds is 4. The predicted octanol–water partition coefficient (Wildman–Crippen LogP) is 2.65. The maximum Gasteiger partial charge on any atom is 0.327 e. The first-order chi connectivity index (χ1) is 7.45. The topological polar surface area (TPSA) is 74.6 Å². The van der Waals surface area contributed by atoms with Crippen molar-refractivity contribution < 1.29 is 19.8 Å². The lowest BCUT2D eigenvalue weighted by molar-refractivity contribution is -0.132. The van der Waals surface area contributed by atoms with Gasteiger partial charge in [0.15, 0.2) is 0 Å². The quantitative estimate of drug-likeness (QED) is 0.570. The van der Waals surface area contributed by atoms with Crippen molar-refractivity contribution in [2.45, 2.75) is 13.3 Å². The summed E-state index contributed by atoms with van der Waals surface area (Å²) >= 11 is 0. The molecule has 16 heavy (non-hydrogen) atoms. The number of aliphatic carboxylic acids is 2. The van der Waals surface area contributed by atoms with Gasteiger partial charge in [-0.3, -0.25) is 0 Å². The predicted molar refractivity (Wildman–Crippen MR) is 65.3 cm³/mol. The maximum absolute atomic E-state index is 9.25. The number of carboxylic acid groups (broad SMARTS) is 2.